The highest BCUT2D eigenvalue weighted by molar-refractivity contribution is 5.52. The minimum Gasteiger partial charge on any atom is -0.383 e. The molecule has 0 saturated carbocycles. The molecule has 4 heteroatoms. The molecular weight excluding hydrogens is 250 g/mol. The van der Waals surface area contributed by atoms with Crippen LogP contribution in [0.1, 0.15) is 39.7 Å². The van der Waals surface area contributed by atoms with Crippen molar-refractivity contribution >= 4 is 5.69 Å². The first-order chi connectivity index (χ1) is 9.60. The molecule has 0 aliphatic heterocycles. The van der Waals surface area contributed by atoms with Crippen molar-refractivity contribution in [2.75, 3.05) is 25.2 Å². The van der Waals surface area contributed by atoms with Crippen molar-refractivity contribution in [2.45, 2.75) is 52.7 Å². The molecule has 0 saturated heterocycles. The molecule has 0 aliphatic rings. The summed E-state index contributed by atoms with van der Waals surface area (Å²) in [6.45, 7) is 11.3. The fraction of sp³-hybridized carbons (Fsp3) is 0.688. The molecule has 20 heavy (non-hydrogen) atoms. The lowest BCUT2D eigenvalue weighted by atomic mass is 10.1. The second-order valence-electron chi connectivity index (χ2n) is 5.48. The summed E-state index contributed by atoms with van der Waals surface area (Å²) in [5, 5.41) is 3.48. The molecule has 0 amide bonds. The van der Waals surface area contributed by atoms with E-state index in [2.05, 4.69) is 49.0 Å². The Morgan fingerprint density at radius 2 is 2.10 bits per heavy atom. The smallest absolute Gasteiger partial charge is 0.0637 e. The third-order valence-electron chi connectivity index (χ3n) is 3.56. The molecule has 0 fully saturated rings. The second-order valence-corrected chi connectivity index (χ2v) is 5.48. The maximum atomic E-state index is 5.25. The highest BCUT2D eigenvalue weighted by Gasteiger charge is 2.16. The first-order valence-electron chi connectivity index (χ1n) is 7.52. The standard InChI is InChI=1S/C16H29N3O/c1-6-14(4)19(9-10-20-5)16-12-17-8-7-15(16)11-18-13(2)3/h7-8,12-14,18H,6,9-11H2,1-5H3. The molecule has 1 rings (SSSR count). The highest BCUT2D eigenvalue weighted by atomic mass is 16.5. The van der Waals surface area contributed by atoms with Gasteiger partial charge in [0.15, 0.2) is 0 Å². The fourth-order valence-corrected chi connectivity index (χ4v) is 2.13. The third kappa shape index (κ3) is 5.10. The zero-order valence-electron chi connectivity index (χ0n) is 13.5. The zero-order valence-corrected chi connectivity index (χ0v) is 13.5. The van der Waals surface area contributed by atoms with Gasteiger partial charge in [-0.3, -0.25) is 4.98 Å². The number of ether oxygens (including phenoxy) is 1. The van der Waals surface area contributed by atoms with Gasteiger partial charge in [-0.05, 0) is 25.0 Å². The van der Waals surface area contributed by atoms with Gasteiger partial charge >= 0.3 is 0 Å². The van der Waals surface area contributed by atoms with Gasteiger partial charge < -0.3 is 15.0 Å². The van der Waals surface area contributed by atoms with Crippen LogP contribution in [0.25, 0.3) is 0 Å². The lowest BCUT2D eigenvalue weighted by Gasteiger charge is -2.32. The predicted octanol–water partition coefficient (Wildman–Crippen LogP) is 2.83. The Kier molecular flexibility index (Phi) is 7.55. The van der Waals surface area contributed by atoms with Crippen LogP contribution >= 0.6 is 0 Å². The summed E-state index contributed by atoms with van der Waals surface area (Å²) >= 11 is 0. The maximum Gasteiger partial charge on any atom is 0.0637 e. The molecule has 1 atom stereocenters. The quantitative estimate of drug-likeness (QED) is 0.754. The van der Waals surface area contributed by atoms with Crippen molar-refractivity contribution in [2.24, 2.45) is 0 Å². The van der Waals surface area contributed by atoms with E-state index in [1.165, 1.54) is 11.3 Å². The first-order valence-corrected chi connectivity index (χ1v) is 7.52. The van der Waals surface area contributed by atoms with Gasteiger partial charge in [0.2, 0.25) is 0 Å². The van der Waals surface area contributed by atoms with Gasteiger partial charge in [0.25, 0.3) is 0 Å². The lowest BCUT2D eigenvalue weighted by molar-refractivity contribution is 0.203. The highest BCUT2D eigenvalue weighted by Crippen LogP contribution is 2.22. The van der Waals surface area contributed by atoms with E-state index in [1.54, 1.807) is 7.11 Å². The third-order valence-corrected chi connectivity index (χ3v) is 3.56. The predicted molar refractivity (Wildman–Crippen MR) is 85.2 cm³/mol. The van der Waals surface area contributed by atoms with Crippen LogP contribution in [0.4, 0.5) is 5.69 Å². The Hall–Kier alpha value is -1.13. The molecule has 1 N–H and O–H groups in total. The number of rotatable bonds is 9. The SMILES string of the molecule is CCC(C)N(CCOC)c1cnccc1CNC(C)C. The molecule has 0 aliphatic carbocycles. The molecule has 0 bridgehead atoms. The summed E-state index contributed by atoms with van der Waals surface area (Å²) in [4.78, 5) is 6.70. The molecular formula is C16H29N3O. The van der Waals surface area contributed by atoms with Crippen LogP contribution in [0.15, 0.2) is 18.5 Å². The summed E-state index contributed by atoms with van der Waals surface area (Å²) in [5.41, 5.74) is 2.51. The summed E-state index contributed by atoms with van der Waals surface area (Å²) in [6.07, 6.45) is 4.95. The number of nitrogens with zero attached hydrogens (tertiary/aromatic N) is 2. The Balaban J connectivity index is 2.93. The van der Waals surface area contributed by atoms with Gasteiger partial charge in [-0.1, -0.05) is 20.8 Å². The summed E-state index contributed by atoms with van der Waals surface area (Å²) in [7, 11) is 1.75. The minimum atomic E-state index is 0.479. The molecule has 1 aromatic rings. The van der Waals surface area contributed by atoms with Crippen molar-refractivity contribution in [3.05, 3.63) is 24.0 Å². The molecule has 0 radical (unpaired) electrons. The van der Waals surface area contributed by atoms with Gasteiger partial charge in [0.05, 0.1) is 18.5 Å². The number of methoxy groups -OCH3 is 1. The van der Waals surface area contributed by atoms with E-state index in [-0.39, 0.29) is 0 Å². The molecule has 1 heterocycles. The monoisotopic (exact) mass is 279 g/mol. The van der Waals surface area contributed by atoms with E-state index in [0.29, 0.717) is 12.1 Å². The van der Waals surface area contributed by atoms with Crippen molar-refractivity contribution in [1.82, 2.24) is 10.3 Å². The maximum absolute atomic E-state index is 5.25. The average Bonchev–Trinajstić information content (AvgIpc) is 2.46. The van der Waals surface area contributed by atoms with Gasteiger partial charge in [-0.25, -0.2) is 0 Å². The Labute approximate surface area is 123 Å². The van der Waals surface area contributed by atoms with Crippen molar-refractivity contribution in [1.29, 1.82) is 0 Å². The molecule has 0 aromatic carbocycles. The number of pyridine rings is 1. The molecule has 1 unspecified atom stereocenters. The van der Waals surface area contributed by atoms with Crippen LogP contribution < -0.4 is 10.2 Å². The Bertz CT molecular complexity index is 382. The largest absolute Gasteiger partial charge is 0.383 e. The first kappa shape index (κ1) is 16.9. The number of anilines is 1. The average molecular weight is 279 g/mol. The Morgan fingerprint density at radius 3 is 2.70 bits per heavy atom. The molecule has 4 nitrogen and oxygen atoms in total. The van der Waals surface area contributed by atoms with Gasteiger partial charge in [-0.2, -0.15) is 0 Å². The van der Waals surface area contributed by atoms with Gasteiger partial charge in [0.1, 0.15) is 0 Å². The van der Waals surface area contributed by atoms with Crippen LogP contribution in [0.2, 0.25) is 0 Å². The summed E-state index contributed by atoms with van der Waals surface area (Å²) in [5.74, 6) is 0. The van der Waals surface area contributed by atoms with Crippen LogP contribution in [0.3, 0.4) is 0 Å². The number of nitrogens with one attached hydrogen (secondary N) is 1. The second kappa shape index (κ2) is 8.93. The van der Waals surface area contributed by atoms with Crippen molar-refractivity contribution < 1.29 is 4.74 Å². The number of hydrogen-bond donors (Lipinski definition) is 1. The van der Waals surface area contributed by atoms with Crippen molar-refractivity contribution in [3.8, 4) is 0 Å². The van der Waals surface area contributed by atoms with E-state index < -0.39 is 0 Å². The van der Waals surface area contributed by atoms with Crippen LogP contribution in [0, 0.1) is 0 Å². The topological polar surface area (TPSA) is 37.4 Å². The number of aromatic nitrogens is 1. The van der Waals surface area contributed by atoms with E-state index in [4.69, 9.17) is 4.74 Å². The molecule has 0 spiro atoms. The van der Waals surface area contributed by atoms with E-state index >= 15 is 0 Å². The van der Waals surface area contributed by atoms with Crippen molar-refractivity contribution in [3.63, 3.8) is 0 Å². The Morgan fingerprint density at radius 1 is 1.35 bits per heavy atom. The molecule has 1 aromatic heterocycles. The summed E-state index contributed by atoms with van der Waals surface area (Å²) in [6, 6.07) is 3.06. The van der Waals surface area contributed by atoms with Crippen LogP contribution in [-0.2, 0) is 11.3 Å². The van der Waals surface area contributed by atoms with Gasteiger partial charge in [-0.15, -0.1) is 0 Å². The zero-order chi connectivity index (χ0) is 15.0. The lowest BCUT2D eigenvalue weighted by Crippen LogP contribution is -2.36. The van der Waals surface area contributed by atoms with E-state index in [0.717, 1.165) is 26.1 Å². The number of hydrogen-bond acceptors (Lipinski definition) is 4. The van der Waals surface area contributed by atoms with Crippen LogP contribution in [0.5, 0.6) is 0 Å². The minimum absolute atomic E-state index is 0.479. The molecule has 114 valence electrons. The van der Waals surface area contributed by atoms with Gasteiger partial charge in [0, 0.05) is 38.5 Å². The normalized spacial score (nSPS) is 12.7. The van der Waals surface area contributed by atoms with Crippen LogP contribution in [-0.4, -0.2) is 37.3 Å². The summed E-state index contributed by atoms with van der Waals surface area (Å²) < 4.78 is 5.25. The van der Waals surface area contributed by atoms with E-state index in [9.17, 15) is 0 Å². The van der Waals surface area contributed by atoms with E-state index in [1.807, 2.05) is 12.4 Å². The fourth-order valence-electron chi connectivity index (χ4n) is 2.13.